The van der Waals surface area contributed by atoms with Crippen LogP contribution in [0.1, 0.15) is 69.0 Å². The number of aliphatic hydroxyl groups is 1. The zero-order chi connectivity index (χ0) is 13.0. The predicted octanol–water partition coefficient (Wildman–Crippen LogP) is 3.64. The van der Waals surface area contributed by atoms with Gasteiger partial charge in [0.1, 0.15) is 0 Å². The number of nitrogens with two attached hydrogens (primary N) is 1. The lowest BCUT2D eigenvalue weighted by Crippen LogP contribution is -2.23. The fourth-order valence-electron chi connectivity index (χ4n) is 3.09. The van der Waals surface area contributed by atoms with E-state index in [0.29, 0.717) is 6.42 Å². The van der Waals surface area contributed by atoms with Crippen LogP contribution < -0.4 is 5.73 Å². The molecule has 0 amide bonds. The minimum Gasteiger partial charge on any atom is -0.385 e. The van der Waals surface area contributed by atoms with E-state index in [2.05, 4.69) is 13.0 Å². The number of fused-ring (bicyclic) bond motifs is 1. The summed E-state index contributed by atoms with van der Waals surface area (Å²) < 4.78 is 0. The molecule has 3 N–H and O–H groups in total. The van der Waals surface area contributed by atoms with Crippen molar-refractivity contribution in [1.29, 1.82) is 0 Å². The molecule has 2 nitrogen and oxygen atoms in total. The molecule has 100 valence electrons. The van der Waals surface area contributed by atoms with Gasteiger partial charge in [0.15, 0.2) is 0 Å². The zero-order valence-corrected chi connectivity index (χ0v) is 11.4. The Kier molecular flexibility index (Phi) is 4.41. The van der Waals surface area contributed by atoms with Crippen LogP contribution in [0.15, 0.2) is 24.3 Å². The highest BCUT2D eigenvalue weighted by atomic mass is 16.3. The highest BCUT2D eigenvalue weighted by Crippen LogP contribution is 2.44. The minimum atomic E-state index is -0.678. The highest BCUT2D eigenvalue weighted by Gasteiger charge is 2.39. The van der Waals surface area contributed by atoms with Gasteiger partial charge in [0, 0.05) is 6.04 Å². The van der Waals surface area contributed by atoms with E-state index in [9.17, 15) is 5.11 Å². The zero-order valence-electron chi connectivity index (χ0n) is 11.4. The normalized spacial score (nSPS) is 26.3. The van der Waals surface area contributed by atoms with Gasteiger partial charge in [-0.15, -0.1) is 0 Å². The third-order valence-corrected chi connectivity index (χ3v) is 4.11. The van der Waals surface area contributed by atoms with Crippen LogP contribution in [0.3, 0.4) is 0 Å². The van der Waals surface area contributed by atoms with Crippen molar-refractivity contribution in [2.45, 2.75) is 63.5 Å². The number of benzene rings is 1. The molecule has 2 unspecified atom stereocenters. The molecule has 0 saturated carbocycles. The van der Waals surface area contributed by atoms with E-state index in [1.165, 1.54) is 25.7 Å². The first-order valence-corrected chi connectivity index (χ1v) is 7.25. The first-order chi connectivity index (χ1) is 8.67. The van der Waals surface area contributed by atoms with Gasteiger partial charge in [-0.2, -0.15) is 0 Å². The molecule has 2 heteroatoms. The Morgan fingerprint density at radius 1 is 1.22 bits per heavy atom. The Labute approximate surface area is 110 Å². The van der Waals surface area contributed by atoms with E-state index in [0.717, 1.165) is 24.0 Å². The third-order valence-electron chi connectivity index (χ3n) is 4.11. The first-order valence-electron chi connectivity index (χ1n) is 7.25. The van der Waals surface area contributed by atoms with Gasteiger partial charge >= 0.3 is 0 Å². The van der Waals surface area contributed by atoms with Crippen molar-refractivity contribution in [3.05, 3.63) is 35.4 Å². The third kappa shape index (κ3) is 2.76. The summed E-state index contributed by atoms with van der Waals surface area (Å²) in [7, 11) is 0. The molecule has 0 heterocycles. The fourth-order valence-corrected chi connectivity index (χ4v) is 3.09. The molecule has 0 fully saturated rings. The molecule has 2 rings (SSSR count). The lowest BCUT2D eigenvalue weighted by molar-refractivity contribution is 0.0222. The smallest absolute Gasteiger partial charge is 0.0917 e. The van der Waals surface area contributed by atoms with Crippen LogP contribution in [-0.4, -0.2) is 5.11 Å². The average molecular weight is 247 g/mol. The predicted molar refractivity (Wildman–Crippen MR) is 75.3 cm³/mol. The van der Waals surface area contributed by atoms with Crippen molar-refractivity contribution in [3.8, 4) is 0 Å². The Bertz CT molecular complexity index is 390. The quantitative estimate of drug-likeness (QED) is 0.754. The van der Waals surface area contributed by atoms with E-state index in [-0.39, 0.29) is 6.04 Å². The van der Waals surface area contributed by atoms with Gasteiger partial charge in [0.05, 0.1) is 5.60 Å². The highest BCUT2D eigenvalue weighted by molar-refractivity contribution is 5.39. The van der Waals surface area contributed by atoms with Crippen molar-refractivity contribution >= 4 is 0 Å². The Balaban J connectivity index is 1.96. The van der Waals surface area contributed by atoms with Gasteiger partial charge in [-0.1, -0.05) is 63.3 Å². The molecule has 2 atom stereocenters. The molecular weight excluding hydrogens is 222 g/mol. The van der Waals surface area contributed by atoms with Crippen LogP contribution in [-0.2, 0) is 5.60 Å². The van der Waals surface area contributed by atoms with E-state index >= 15 is 0 Å². The van der Waals surface area contributed by atoms with E-state index < -0.39 is 5.60 Å². The number of hydrogen-bond donors (Lipinski definition) is 2. The molecule has 0 bridgehead atoms. The molecule has 1 aliphatic carbocycles. The molecule has 1 aromatic rings. The summed E-state index contributed by atoms with van der Waals surface area (Å²) in [6.45, 7) is 2.22. The molecule has 0 saturated heterocycles. The summed E-state index contributed by atoms with van der Waals surface area (Å²) in [6, 6.07) is 8.09. The SMILES string of the molecule is CCCCCCCC1(O)CC(N)c2ccccc21. The Hall–Kier alpha value is -0.860. The molecule has 18 heavy (non-hydrogen) atoms. The second-order valence-corrected chi connectivity index (χ2v) is 5.59. The van der Waals surface area contributed by atoms with Gasteiger partial charge in [-0.3, -0.25) is 0 Å². The topological polar surface area (TPSA) is 46.2 Å². The second-order valence-electron chi connectivity index (χ2n) is 5.59. The molecule has 0 radical (unpaired) electrons. The lowest BCUT2D eigenvalue weighted by Gasteiger charge is -2.24. The monoisotopic (exact) mass is 247 g/mol. The Morgan fingerprint density at radius 3 is 2.72 bits per heavy atom. The Morgan fingerprint density at radius 2 is 1.94 bits per heavy atom. The number of hydrogen-bond acceptors (Lipinski definition) is 2. The van der Waals surface area contributed by atoms with Gasteiger partial charge in [-0.05, 0) is 24.0 Å². The summed E-state index contributed by atoms with van der Waals surface area (Å²) in [4.78, 5) is 0. The molecule has 0 aromatic heterocycles. The maximum atomic E-state index is 10.8. The number of rotatable bonds is 6. The molecule has 1 aliphatic rings. The number of unbranched alkanes of at least 4 members (excludes halogenated alkanes) is 4. The van der Waals surface area contributed by atoms with Crippen molar-refractivity contribution in [2.75, 3.05) is 0 Å². The van der Waals surface area contributed by atoms with Crippen molar-refractivity contribution in [3.63, 3.8) is 0 Å². The van der Waals surface area contributed by atoms with Gasteiger partial charge in [-0.25, -0.2) is 0 Å². The van der Waals surface area contributed by atoms with Gasteiger partial charge in [0.2, 0.25) is 0 Å². The largest absolute Gasteiger partial charge is 0.385 e. The second kappa shape index (κ2) is 5.85. The first kappa shape index (κ1) is 13.6. The van der Waals surface area contributed by atoms with Crippen molar-refractivity contribution in [2.24, 2.45) is 5.73 Å². The maximum Gasteiger partial charge on any atom is 0.0917 e. The van der Waals surface area contributed by atoms with Crippen LogP contribution in [0.25, 0.3) is 0 Å². The molecule has 0 aliphatic heterocycles. The summed E-state index contributed by atoms with van der Waals surface area (Å²) in [5.41, 5.74) is 7.63. The average Bonchev–Trinajstić information content (AvgIpc) is 2.63. The van der Waals surface area contributed by atoms with E-state index in [4.69, 9.17) is 5.73 Å². The lowest BCUT2D eigenvalue weighted by atomic mass is 9.89. The molecule has 1 aromatic carbocycles. The molecular formula is C16H25NO. The summed E-state index contributed by atoms with van der Waals surface area (Å²) in [6.07, 6.45) is 7.68. The van der Waals surface area contributed by atoms with Crippen molar-refractivity contribution < 1.29 is 5.11 Å². The van der Waals surface area contributed by atoms with Crippen LogP contribution in [0.4, 0.5) is 0 Å². The fraction of sp³-hybridized carbons (Fsp3) is 0.625. The summed E-state index contributed by atoms with van der Waals surface area (Å²) in [5.74, 6) is 0. The van der Waals surface area contributed by atoms with E-state index in [1.54, 1.807) is 0 Å². The van der Waals surface area contributed by atoms with Gasteiger partial charge in [0.25, 0.3) is 0 Å². The van der Waals surface area contributed by atoms with Gasteiger partial charge < -0.3 is 10.8 Å². The van der Waals surface area contributed by atoms with E-state index in [1.807, 2.05) is 18.2 Å². The standard InChI is InChI=1S/C16H25NO/c1-2-3-4-5-8-11-16(18)12-15(17)13-9-6-7-10-14(13)16/h6-7,9-10,15,18H,2-5,8,11-12,17H2,1H3. The van der Waals surface area contributed by atoms with Crippen LogP contribution >= 0.6 is 0 Å². The summed E-state index contributed by atoms with van der Waals surface area (Å²) in [5, 5.41) is 10.8. The van der Waals surface area contributed by atoms with Crippen molar-refractivity contribution in [1.82, 2.24) is 0 Å². The summed E-state index contributed by atoms with van der Waals surface area (Å²) >= 11 is 0. The van der Waals surface area contributed by atoms with Crippen LogP contribution in [0, 0.1) is 0 Å². The van der Waals surface area contributed by atoms with Crippen LogP contribution in [0.5, 0.6) is 0 Å². The maximum absolute atomic E-state index is 10.8. The molecule has 0 spiro atoms. The minimum absolute atomic E-state index is 0.00171. The van der Waals surface area contributed by atoms with Crippen LogP contribution in [0.2, 0.25) is 0 Å².